The number of piperidine rings is 1. The van der Waals surface area contributed by atoms with Gasteiger partial charge in [0.2, 0.25) is 5.95 Å². The van der Waals surface area contributed by atoms with Crippen molar-refractivity contribution in [3.63, 3.8) is 0 Å². The van der Waals surface area contributed by atoms with Crippen LogP contribution in [0.2, 0.25) is 0 Å². The molecule has 3 atom stereocenters. The van der Waals surface area contributed by atoms with Crippen LogP contribution in [-0.4, -0.2) is 56.0 Å². The van der Waals surface area contributed by atoms with E-state index in [1.54, 1.807) is 4.52 Å². The van der Waals surface area contributed by atoms with Gasteiger partial charge in [0, 0.05) is 48.4 Å². The topological polar surface area (TPSA) is 98.5 Å². The van der Waals surface area contributed by atoms with Crippen molar-refractivity contribution < 1.29 is 13.9 Å². The molecule has 0 saturated carbocycles. The van der Waals surface area contributed by atoms with Crippen LogP contribution >= 0.6 is 0 Å². The Hall–Kier alpha value is -3.63. The smallest absolute Gasteiger partial charge is 0.228 e. The number of morpholine rings is 1. The van der Waals surface area contributed by atoms with Crippen molar-refractivity contribution in [2.45, 2.75) is 38.0 Å². The third kappa shape index (κ3) is 4.29. The van der Waals surface area contributed by atoms with E-state index in [1.165, 1.54) is 0 Å². The van der Waals surface area contributed by atoms with E-state index in [1.807, 2.05) is 37.5 Å². The van der Waals surface area contributed by atoms with E-state index in [-0.39, 0.29) is 12.1 Å². The number of hydrogen-bond donors (Lipinski definition) is 2. The van der Waals surface area contributed by atoms with Crippen LogP contribution in [0.25, 0.3) is 16.6 Å². The van der Waals surface area contributed by atoms with Gasteiger partial charge in [-0.1, -0.05) is 0 Å². The molecule has 0 spiro atoms. The highest BCUT2D eigenvalue weighted by Crippen LogP contribution is 2.34. The maximum atomic E-state index is 13.1. The summed E-state index contributed by atoms with van der Waals surface area (Å²) < 4.78 is 27.0. The fourth-order valence-electron chi connectivity index (χ4n) is 4.64. The molecule has 2 fully saturated rings. The zero-order valence-corrected chi connectivity index (χ0v) is 18.6. The highest BCUT2D eigenvalue weighted by atomic mass is 19.1. The van der Waals surface area contributed by atoms with E-state index in [4.69, 9.17) is 9.47 Å². The van der Waals surface area contributed by atoms with Crippen LogP contribution in [0.15, 0.2) is 49.1 Å². The van der Waals surface area contributed by atoms with Crippen LogP contribution in [0.5, 0.6) is 5.75 Å². The van der Waals surface area contributed by atoms with Crippen molar-refractivity contribution in [3.8, 4) is 16.9 Å². The first-order valence-electron chi connectivity index (χ1n) is 11.3. The molecule has 2 aliphatic heterocycles. The highest BCUT2D eigenvalue weighted by Gasteiger charge is 2.33. The molecule has 4 aromatic heterocycles. The van der Waals surface area contributed by atoms with Crippen molar-refractivity contribution in [2.75, 3.05) is 18.5 Å². The van der Waals surface area contributed by atoms with Gasteiger partial charge in [-0.25, -0.2) is 18.9 Å². The number of nitrogens with zero attached hydrogens (tertiary/aromatic N) is 5. The molecule has 4 aromatic rings. The summed E-state index contributed by atoms with van der Waals surface area (Å²) in [5.74, 6) is 1.13. The van der Waals surface area contributed by atoms with Gasteiger partial charge in [-0.05, 0) is 30.7 Å². The lowest BCUT2D eigenvalue weighted by Crippen LogP contribution is -2.56. The van der Waals surface area contributed by atoms with Gasteiger partial charge in [0.1, 0.15) is 11.9 Å². The van der Waals surface area contributed by atoms with Gasteiger partial charge in [-0.15, -0.1) is 0 Å². The highest BCUT2D eigenvalue weighted by molar-refractivity contribution is 5.75. The van der Waals surface area contributed by atoms with Gasteiger partial charge in [-0.2, -0.15) is 5.10 Å². The molecule has 6 heterocycles. The summed E-state index contributed by atoms with van der Waals surface area (Å²) in [7, 11) is 0. The Kier molecular flexibility index (Phi) is 5.31. The number of halogens is 1. The van der Waals surface area contributed by atoms with Gasteiger partial charge >= 0.3 is 0 Å². The third-order valence-electron chi connectivity index (χ3n) is 6.14. The molecule has 0 radical (unpaired) electrons. The number of pyridine rings is 2. The Labute approximate surface area is 195 Å². The molecule has 6 rings (SSSR count). The summed E-state index contributed by atoms with van der Waals surface area (Å²) in [4.78, 5) is 12.3. The molecule has 174 valence electrons. The molecular weight excluding hydrogens is 437 g/mol. The molecular formula is C24H24FN7O2. The van der Waals surface area contributed by atoms with Gasteiger partial charge in [0.25, 0.3) is 0 Å². The summed E-state index contributed by atoms with van der Waals surface area (Å²) in [5.41, 5.74) is 3.81. The predicted molar refractivity (Wildman–Crippen MR) is 124 cm³/mol. The number of hydrogen-bond acceptors (Lipinski definition) is 8. The number of aryl methyl sites for hydroxylation is 1. The molecule has 2 bridgehead atoms. The first-order valence-corrected chi connectivity index (χ1v) is 11.3. The summed E-state index contributed by atoms with van der Waals surface area (Å²) in [6.45, 7) is 3.43. The van der Waals surface area contributed by atoms with Crippen molar-refractivity contribution in [1.82, 2.24) is 29.9 Å². The fourth-order valence-corrected chi connectivity index (χ4v) is 4.64. The number of aromatic nitrogens is 5. The lowest BCUT2D eigenvalue weighted by molar-refractivity contribution is -0.0122. The van der Waals surface area contributed by atoms with Crippen LogP contribution in [0.1, 0.15) is 18.5 Å². The Morgan fingerprint density at radius 2 is 1.88 bits per heavy atom. The van der Waals surface area contributed by atoms with E-state index in [9.17, 15) is 4.39 Å². The SMILES string of the molecule is Cc1cc(-c2ccn3nc(Nc4ncc(F)cn4)cc3c2)c(O[C@H]2C[C@H]3COC[C@@H](C2)N3)cn1. The van der Waals surface area contributed by atoms with E-state index in [2.05, 4.69) is 36.8 Å². The van der Waals surface area contributed by atoms with E-state index in [0.29, 0.717) is 17.9 Å². The molecule has 9 nitrogen and oxygen atoms in total. The standard InChI is InChI=1S/C24H24FN7O2/c1-14-4-21(22(11-26-14)34-20-6-17-12-33-13-18(7-20)29-17)15-2-3-32-19(5-15)8-23(31-32)30-24-27-9-16(25)10-28-24/h2-5,8-11,17-18,20,29H,6-7,12-13H2,1H3,(H,27,28,30,31)/t17-,18+,20-. The van der Waals surface area contributed by atoms with Crippen molar-refractivity contribution in [2.24, 2.45) is 0 Å². The Morgan fingerprint density at radius 3 is 2.68 bits per heavy atom. The van der Waals surface area contributed by atoms with Gasteiger partial charge < -0.3 is 20.1 Å². The van der Waals surface area contributed by atoms with Crippen LogP contribution in [0.4, 0.5) is 16.2 Å². The third-order valence-corrected chi connectivity index (χ3v) is 6.14. The minimum absolute atomic E-state index is 0.119. The second kappa shape index (κ2) is 8.62. The van der Waals surface area contributed by atoms with Gasteiger partial charge in [0.15, 0.2) is 11.6 Å². The van der Waals surface area contributed by atoms with Crippen molar-refractivity contribution >= 4 is 17.3 Å². The Balaban J connectivity index is 1.27. The van der Waals surface area contributed by atoms with Gasteiger partial charge in [0.05, 0.1) is 37.3 Å². The number of fused-ring (bicyclic) bond motifs is 3. The lowest BCUT2D eigenvalue weighted by atomic mass is 9.94. The van der Waals surface area contributed by atoms with Crippen LogP contribution in [-0.2, 0) is 4.74 Å². The average Bonchev–Trinajstić information content (AvgIpc) is 3.23. The molecule has 2 N–H and O–H groups in total. The summed E-state index contributed by atoms with van der Waals surface area (Å²) >= 11 is 0. The molecule has 2 aliphatic rings. The fraction of sp³-hybridized carbons (Fsp3) is 0.333. The average molecular weight is 462 g/mol. The Bertz CT molecular complexity index is 1310. The zero-order valence-electron chi connectivity index (χ0n) is 18.6. The normalized spacial score (nSPS) is 22.0. The molecule has 0 aromatic carbocycles. The summed E-state index contributed by atoms with van der Waals surface area (Å²) in [6.07, 6.45) is 7.87. The van der Waals surface area contributed by atoms with Crippen LogP contribution in [0.3, 0.4) is 0 Å². The Morgan fingerprint density at radius 1 is 1.09 bits per heavy atom. The second-order valence-electron chi connectivity index (χ2n) is 8.80. The minimum atomic E-state index is -0.489. The second-order valence-corrected chi connectivity index (χ2v) is 8.80. The van der Waals surface area contributed by atoms with Crippen molar-refractivity contribution in [1.29, 1.82) is 0 Å². The number of nitrogens with one attached hydrogen (secondary N) is 2. The largest absolute Gasteiger partial charge is 0.488 e. The molecule has 34 heavy (non-hydrogen) atoms. The summed E-state index contributed by atoms with van der Waals surface area (Å²) in [5, 5.41) is 11.1. The molecule has 0 amide bonds. The quantitative estimate of drug-likeness (QED) is 0.467. The van der Waals surface area contributed by atoms with Crippen molar-refractivity contribution in [3.05, 3.63) is 60.6 Å². The monoisotopic (exact) mass is 461 g/mol. The summed E-state index contributed by atoms with van der Waals surface area (Å²) in [6, 6.07) is 8.66. The number of ether oxygens (including phenoxy) is 2. The number of anilines is 2. The first-order chi connectivity index (χ1) is 16.6. The first kappa shape index (κ1) is 20.9. The predicted octanol–water partition coefficient (Wildman–Crippen LogP) is 3.28. The minimum Gasteiger partial charge on any atom is -0.488 e. The van der Waals surface area contributed by atoms with Crippen LogP contribution < -0.4 is 15.4 Å². The van der Waals surface area contributed by atoms with E-state index < -0.39 is 5.82 Å². The molecule has 0 unspecified atom stereocenters. The maximum Gasteiger partial charge on any atom is 0.228 e. The maximum absolute atomic E-state index is 13.1. The van der Waals surface area contributed by atoms with Crippen LogP contribution in [0, 0.1) is 12.7 Å². The molecule has 10 heteroatoms. The number of rotatable bonds is 5. The van der Waals surface area contributed by atoms with Gasteiger partial charge in [-0.3, -0.25) is 4.98 Å². The molecule has 0 aliphatic carbocycles. The van der Waals surface area contributed by atoms with E-state index in [0.717, 1.165) is 66.5 Å². The van der Waals surface area contributed by atoms with E-state index >= 15 is 0 Å². The zero-order chi connectivity index (χ0) is 23.1. The lowest BCUT2D eigenvalue weighted by Gasteiger charge is -2.40. The molecule has 2 saturated heterocycles.